The van der Waals surface area contributed by atoms with E-state index in [1.54, 1.807) is 30.3 Å². The Morgan fingerprint density at radius 2 is 1.26 bits per heavy atom. The lowest BCUT2D eigenvalue weighted by atomic mass is 9.93. The fraction of sp³-hybridized carbons (Fsp3) is 0.286. The molecule has 0 saturated heterocycles. The summed E-state index contributed by atoms with van der Waals surface area (Å²) < 4.78 is 33.3. The van der Waals surface area contributed by atoms with Crippen LogP contribution in [0.2, 0.25) is 0 Å². The highest BCUT2D eigenvalue weighted by molar-refractivity contribution is 7.51. The Balaban J connectivity index is 0.000000241. The molecule has 0 spiro atoms. The molecule has 6 N–H and O–H groups in total. The number of benzene rings is 5. The minimum atomic E-state index is -4.21. The molecule has 5 rings (SSSR count). The van der Waals surface area contributed by atoms with Crippen LogP contribution in [0.25, 0.3) is 11.1 Å². The van der Waals surface area contributed by atoms with E-state index in [9.17, 15) is 19.3 Å². The van der Waals surface area contributed by atoms with Gasteiger partial charge in [0.05, 0.1) is 6.16 Å². The summed E-state index contributed by atoms with van der Waals surface area (Å²) in [6, 6.07) is 28.1. The molecule has 0 aliphatic carbocycles. The van der Waals surface area contributed by atoms with Gasteiger partial charge >= 0.3 is 15.2 Å². The topological polar surface area (TPSA) is 174 Å². The summed E-state index contributed by atoms with van der Waals surface area (Å²) in [6.07, 6.45) is 0.998. The van der Waals surface area contributed by atoms with Gasteiger partial charge in [0.2, 0.25) is 0 Å². The van der Waals surface area contributed by atoms with Gasteiger partial charge in [-0.15, -0.1) is 0 Å². The predicted molar refractivity (Wildman–Crippen MR) is 213 cm³/mol. The first-order chi connectivity index (χ1) is 25.3. The van der Waals surface area contributed by atoms with Crippen LogP contribution >= 0.6 is 15.2 Å². The Bertz CT molecular complexity index is 2110. The standard InChI is InChI=1S/C22H23O5P.C20H27O5P/c1-15-10-19(27-14-28(24,25)26)11-16(2)20(15)12-17-8-9-22(23)21(13-17)18-6-4-3-5-7-18;1-13(2)18-12-17(7-8-19(18)21)25-20-14(3)10-16(11-15(20)4)6-5-9-26(22,23)24/h3-11,13,23H,12,14H2,1-2H3,(H2,24,25,26);7-8,10-13,21H,5-6,9H2,1-4H3,(H2,22,23,24). The summed E-state index contributed by atoms with van der Waals surface area (Å²) in [4.78, 5) is 35.9. The maximum Gasteiger partial charge on any atom is 0.362 e. The van der Waals surface area contributed by atoms with Gasteiger partial charge in [0.1, 0.15) is 28.7 Å². The number of hydrogen-bond acceptors (Lipinski definition) is 6. The number of aryl methyl sites for hydroxylation is 5. The average Bonchev–Trinajstić information content (AvgIpc) is 3.08. The summed E-state index contributed by atoms with van der Waals surface area (Å²) in [7, 11) is -8.16. The third-order valence-corrected chi connectivity index (χ3v) is 10.2. The number of hydrogen-bond donors (Lipinski definition) is 6. The van der Waals surface area contributed by atoms with E-state index in [4.69, 9.17) is 29.0 Å². The molecule has 0 unspecified atom stereocenters. The Hall–Kier alpha value is -4.40. The molecule has 10 nitrogen and oxygen atoms in total. The molecule has 5 aromatic carbocycles. The molecule has 0 aliphatic rings. The molecule has 0 aliphatic heterocycles. The molecule has 0 heterocycles. The highest BCUT2D eigenvalue weighted by Gasteiger charge is 2.17. The van der Waals surface area contributed by atoms with Crippen LogP contribution in [0.1, 0.15) is 70.7 Å². The molecule has 12 heteroatoms. The van der Waals surface area contributed by atoms with Crippen LogP contribution in [-0.2, 0) is 22.0 Å². The molecule has 0 aromatic heterocycles. The van der Waals surface area contributed by atoms with Crippen LogP contribution in [-0.4, -0.2) is 42.3 Å². The van der Waals surface area contributed by atoms with Crippen molar-refractivity contribution in [1.82, 2.24) is 0 Å². The van der Waals surface area contributed by atoms with Crippen molar-refractivity contribution in [3.8, 4) is 39.9 Å². The Labute approximate surface area is 317 Å². The van der Waals surface area contributed by atoms with E-state index < -0.39 is 21.5 Å². The van der Waals surface area contributed by atoms with E-state index in [-0.39, 0.29) is 23.6 Å². The first-order valence-electron chi connectivity index (χ1n) is 17.6. The zero-order valence-electron chi connectivity index (χ0n) is 31.5. The molecule has 288 valence electrons. The number of ether oxygens (including phenoxy) is 2. The molecule has 0 saturated carbocycles. The summed E-state index contributed by atoms with van der Waals surface area (Å²) in [5.74, 6) is 2.58. The van der Waals surface area contributed by atoms with Crippen molar-refractivity contribution in [2.75, 3.05) is 12.5 Å². The molecule has 0 bridgehead atoms. The molecule has 54 heavy (non-hydrogen) atoms. The van der Waals surface area contributed by atoms with E-state index >= 15 is 0 Å². The predicted octanol–water partition coefficient (Wildman–Crippen LogP) is 9.82. The highest BCUT2D eigenvalue weighted by Crippen LogP contribution is 2.38. The van der Waals surface area contributed by atoms with Crippen molar-refractivity contribution in [3.63, 3.8) is 0 Å². The van der Waals surface area contributed by atoms with Crippen molar-refractivity contribution in [3.05, 3.63) is 136 Å². The van der Waals surface area contributed by atoms with Crippen LogP contribution < -0.4 is 9.47 Å². The highest BCUT2D eigenvalue weighted by atomic mass is 31.2. The molecule has 0 atom stereocenters. The van der Waals surface area contributed by atoms with Crippen molar-refractivity contribution in [1.29, 1.82) is 0 Å². The monoisotopic (exact) mass is 776 g/mol. The van der Waals surface area contributed by atoms with Gasteiger partial charge in [0, 0.05) is 11.1 Å². The van der Waals surface area contributed by atoms with Gasteiger partial charge in [-0.05, 0) is 140 Å². The van der Waals surface area contributed by atoms with Gasteiger partial charge in [-0.1, -0.05) is 62.4 Å². The maximum absolute atomic E-state index is 11.0. The number of phenolic OH excluding ortho intramolecular Hbond substituents is 2. The normalized spacial score (nSPS) is 11.6. The third-order valence-electron chi connectivity index (χ3n) is 8.87. The molecular weight excluding hydrogens is 726 g/mol. The van der Waals surface area contributed by atoms with Crippen LogP contribution in [0.5, 0.6) is 28.7 Å². The van der Waals surface area contributed by atoms with Crippen molar-refractivity contribution < 1.29 is 48.4 Å². The first kappa shape index (κ1) is 42.3. The van der Waals surface area contributed by atoms with E-state index in [1.807, 2.05) is 102 Å². The summed E-state index contributed by atoms with van der Waals surface area (Å²) in [5.41, 5.74) is 9.70. The lowest BCUT2D eigenvalue weighted by molar-refractivity contribution is 0.300. The fourth-order valence-corrected chi connectivity index (χ4v) is 7.12. The van der Waals surface area contributed by atoms with E-state index in [1.165, 1.54) is 0 Å². The van der Waals surface area contributed by atoms with Crippen LogP contribution in [0.4, 0.5) is 0 Å². The summed E-state index contributed by atoms with van der Waals surface area (Å²) >= 11 is 0. The Morgan fingerprint density at radius 3 is 1.83 bits per heavy atom. The summed E-state index contributed by atoms with van der Waals surface area (Å²) in [6.45, 7) is 11.8. The van der Waals surface area contributed by atoms with E-state index in [0.717, 1.165) is 61.4 Å². The van der Waals surface area contributed by atoms with E-state index in [2.05, 4.69) is 0 Å². The van der Waals surface area contributed by atoms with Gasteiger partial charge in [0.25, 0.3) is 0 Å². The number of aromatic hydroxyl groups is 2. The van der Waals surface area contributed by atoms with Gasteiger partial charge in [-0.25, -0.2) is 0 Å². The second-order valence-corrected chi connectivity index (χ2v) is 17.3. The zero-order chi connectivity index (χ0) is 39.8. The fourth-order valence-electron chi connectivity index (χ4n) is 6.23. The second-order valence-electron chi connectivity index (χ2n) is 13.9. The van der Waals surface area contributed by atoms with Crippen LogP contribution in [0.15, 0.2) is 91.0 Å². The van der Waals surface area contributed by atoms with Crippen LogP contribution in [0.3, 0.4) is 0 Å². The molecule has 0 fully saturated rings. The average molecular weight is 777 g/mol. The minimum Gasteiger partial charge on any atom is -0.508 e. The first-order valence-corrected chi connectivity index (χ1v) is 21.2. The quantitative estimate of drug-likeness (QED) is 0.0632. The molecule has 0 radical (unpaired) electrons. The Morgan fingerprint density at radius 1 is 0.648 bits per heavy atom. The lowest BCUT2D eigenvalue weighted by Crippen LogP contribution is -2.01. The molecular formula is C42H50O10P2. The number of rotatable bonds is 13. The van der Waals surface area contributed by atoms with Gasteiger partial charge in [0.15, 0.2) is 6.35 Å². The van der Waals surface area contributed by atoms with Gasteiger partial charge in [-0.2, -0.15) is 0 Å². The van der Waals surface area contributed by atoms with Crippen molar-refractivity contribution in [2.24, 2.45) is 0 Å². The largest absolute Gasteiger partial charge is 0.508 e. The molecule has 0 amide bonds. The van der Waals surface area contributed by atoms with Crippen molar-refractivity contribution in [2.45, 2.75) is 66.7 Å². The smallest absolute Gasteiger partial charge is 0.362 e. The second kappa shape index (κ2) is 18.3. The minimum absolute atomic E-state index is 0.102. The van der Waals surface area contributed by atoms with E-state index in [0.29, 0.717) is 30.8 Å². The Kier molecular flexibility index (Phi) is 14.3. The SMILES string of the molecule is Cc1cc(CCCP(=O)(O)O)cc(C)c1Oc1ccc(O)c(C(C)C)c1.Cc1cc(OCP(=O)(O)O)cc(C)c1Cc1ccc(O)c(-c2ccccc2)c1. The lowest BCUT2D eigenvalue weighted by Gasteiger charge is -2.16. The third kappa shape index (κ3) is 12.6. The van der Waals surface area contributed by atoms with Crippen LogP contribution in [0, 0.1) is 27.7 Å². The summed E-state index contributed by atoms with van der Waals surface area (Å²) in [5, 5.41) is 20.2. The zero-order valence-corrected chi connectivity index (χ0v) is 33.3. The number of phenols is 2. The maximum atomic E-state index is 11.0. The molecule has 5 aromatic rings. The van der Waals surface area contributed by atoms with Gasteiger partial charge < -0.3 is 39.3 Å². The van der Waals surface area contributed by atoms with Gasteiger partial charge in [-0.3, -0.25) is 9.13 Å². The van der Waals surface area contributed by atoms with Crippen molar-refractivity contribution >= 4 is 15.2 Å².